The second-order valence-electron chi connectivity index (χ2n) is 8.63. The lowest BCUT2D eigenvalue weighted by atomic mass is 9.92. The highest BCUT2D eigenvalue weighted by molar-refractivity contribution is 6.15. The van der Waals surface area contributed by atoms with Crippen molar-refractivity contribution < 1.29 is 0 Å². The highest BCUT2D eigenvalue weighted by Gasteiger charge is 2.22. The van der Waals surface area contributed by atoms with Gasteiger partial charge in [-0.1, -0.05) is 12.1 Å². The van der Waals surface area contributed by atoms with Crippen molar-refractivity contribution in [1.82, 2.24) is 50.5 Å². The van der Waals surface area contributed by atoms with Crippen LogP contribution in [0.15, 0.2) is 73.7 Å². The second kappa shape index (κ2) is 7.06. The van der Waals surface area contributed by atoms with Gasteiger partial charge < -0.3 is 4.98 Å². The molecule has 36 heavy (non-hydrogen) atoms. The van der Waals surface area contributed by atoms with E-state index >= 15 is 0 Å². The second-order valence-corrected chi connectivity index (χ2v) is 8.63. The molecule has 0 bridgehead atoms. The van der Waals surface area contributed by atoms with Gasteiger partial charge in [-0.05, 0) is 18.2 Å². The van der Waals surface area contributed by atoms with Gasteiger partial charge >= 0.3 is 0 Å². The molecule has 0 unspecified atom stereocenters. The van der Waals surface area contributed by atoms with Crippen LogP contribution in [-0.4, -0.2) is 50.5 Å². The van der Waals surface area contributed by atoms with Crippen LogP contribution in [0.25, 0.3) is 77.4 Å². The van der Waals surface area contributed by atoms with Gasteiger partial charge in [0.25, 0.3) is 0 Å². The first-order valence-corrected chi connectivity index (χ1v) is 11.4. The molecule has 1 aromatic carbocycles. The van der Waals surface area contributed by atoms with E-state index in [1.807, 2.05) is 43.0 Å². The Morgan fingerprint density at radius 2 is 1.56 bits per heavy atom. The van der Waals surface area contributed by atoms with Crippen molar-refractivity contribution >= 4 is 43.6 Å². The smallest absolute Gasteiger partial charge is 0.155 e. The summed E-state index contributed by atoms with van der Waals surface area (Å²) in [6.07, 6.45) is 12.8. The Balaban J connectivity index is 1.53. The van der Waals surface area contributed by atoms with Crippen LogP contribution < -0.4 is 0 Å². The molecule has 170 valence electrons. The third-order valence-electron chi connectivity index (χ3n) is 6.68. The van der Waals surface area contributed by atoms with E-state index in [1.165, 1.54) is 0 Å². The zero-order valence-corrected chi connectivity index (χ0v) is 18.6. The summed E-state index contributed by atoms with van der Waals surface area (Å²) < 4.78 is 0. The van der Waals surface area contributed by atoms with Crippen LogP contribution in [0.1, 0.15) is 0 Å². The van der Waals surface area contributed by atoms with Crippen molar-refractivity contribution in [1.29, 1.82) is 0 Å². The van der Waals surface area contributed by atoms with Gasteiger partial charge in [0.05, 0.1) is 52.9 Å². The molecule has 4 N–H and O–H groups in total. The molecule has 0 saturated heterocycles. The van der Waals surface area contributed by atoms with E-state index < -0.39 is 0 Å². The molecule has 0 atom stereocenters. The third-order valence-corrected chi connectivity index (χ3v) is 6.68. The fourth-order valence-electron chi connectivity index (χ4n) is 5.02. The third kappa shape index (κ3) is 2.60. The maximum absolute atomic E-state index is 4.84. The molecule has 10 nitrogen and oxygen atoms in total. The van der Waals surface area contributed by atoms with E-state index in [2.05, 4.69) is 52.7 Å². The molecule has 7 heterocycles. The molecule has 0 spiro atoms. The molecule has 0 radical (unpaired) electrons. The first-order valence-electron chi connectivity index (χ1n) is 11.4. The van der Waals surface area contributed by atoms with Crippen molar-refractivity contribution in [3.05, 3.63) is 73.7 Å². The Hall–Kier alpha value is -5.38. The standard InChI is InChI=1S/C26H16N10/c1-2-17(19-7-15-10-31-34-20(15)12-29-19)22(25-23-14(3-5-27-25)9-32-35-23)21-13(1)8-30-24(21)16-4-6-28-26-18(16)11-33-36-26/h1-12,30H,(H,31,34)(H,32,35)(H,28,33,36). The average Bonchev–Trinajstić information content (AvgIpc) is 3.72. The first-order chi connectivity index (χ1) is 17.8. The van der Waals surface area contributed by atoms with Crippen LogP contribution in [0.3, 0.4) is 0 Å². The minimum Gasteiger partial charge on any atom is -0.360 e. The largest absolute Gasteiger partial charge is 0.360 e. The van der Waals surface area contributed by atoms with Crippen LogP contribution in [0.5, 0.6) is 0 Å². The van der Waals surface area contributed by atoms with Crippen LogP contribution in [-0.2, 0) is 0 Å². The molecule has 8 rings (SSSR count). The van der Waals surface area contributed by atoms with Gasteiger partial charge in [-0.3, -0.25) is 25.3 Å². The molecule has 0 aliphatic carbocycles. The van der Waals surface area contributed by atoms with Crippen molar-refractivity contribution in [3.63, 3.8) is 0 Å². The Morgan fingerprint density at radius 3 is 2.56 bits per heavy atom. The van der Waals surface area contributed by atoms with Gasteiger partial charge in [0.1, 0.15) is 0 Å². The Labute approximate surface area is 201 Å². The van der Waals surface area contributed by atoms with Gasteiger partial charge in [0.15, 0.2) is 5.65 Å². The van der Waals surface area contributed by atoms with Crippen LogP contribution in [0.2, 0.25) is 0 Å². The zero-order chi connectivity index (χ0) is 23.6. The number of hydrogen-bond donors (Lipinski definition) is 4. The number of aromatic nitrogens is 10. The molecule has 0 fully saturated rings. The highest BCUT2D eigenvalue weighted by atomic mass is 15.1. The van der Waals surface area contributed by atoms with Gasteiger partial charge in [-0.25, -0.2) is 4.98 Å². The predicted octanol–water partition coefficient (Wildman–Crippen LogP) is 4.98. The fourth-order valence-corrected chi connectivity index (χ4v) is 5.02. The monoisotopic (exact) mass is 468 g/mol. The van der Waals surface area contributed by atoms with E-state index in [4.69, 9.17) is 9.97 Å². The predicted molar refractivity (Wildman–Crippen MR) is 137 cm³/mol. The van der Waals surface area contributed by atoms with E-state index in [1.54, 1.807) is 18.6 Å². The number of pyridine rings is 3. The molecule has 0 aliphatic heterocycles. The lowest BCUT2D eigenvalue weighted by Gasteiger charge is -2.14. The number of aromatic amines is 4. The lowest BCUT2D eigenvalue weighted by molar-refractivity contribution is 1.10. The summed E-state index contributed by atoms with van der Waals surface area (Å²) in [5.41, 5.74) is 7.99. The molecule has 0 amide bonds. The van der Waals surface area contributed by atoms with Crippen LogP contribution >= 0.6 is 0 Å². The Morgan fingerprint density at radius 1 is 0.667 bits per heavy atom. The number of H-pyrrole nitrogens is 4. The Kier molecular flexibility index (Phi) is 3.72. The maximum atomic E-state index is 4.84. The van der Waals surface area contributed by atoms with E-state index in [0.29, 0.717) is 0 Å². The summed E-state index contributed by atoms with van der Waals surface area (Å²) in [5.74, 6) is 0. The minimum absolute atomic E-state index is 0.730. The van der Waals surface area contributed by atoms with Crippen molar-refractivity contribution in [3.8, 4) is 33.8 Å². The van der Waals surface area contributed by atoms with Crippen LogP contribution in [0, 0.1) is 0 Å². The van der Waals surface area contributed by atoms with Crippen molar-refractivity contribution in [2.75, 3.05) is 0 Å². The summed E-state index contributed by atoms with van der Waals surface area (Å²) in [6.45, 7) is 0. The number of benzene rings is 1. The van der Waals surface area contributed by atoms with Gasteiger partial charge in [-0.2, -0.15) is 15.3 Å². The lowest BCUT2D eigenvalue weighted by Crippen LogP contribution is -1.94. The van der Waals surface area contributed by atoms with E-state index in [-0.39, 0.29) is 0 Å². The topological polar surface area (TPSA) is 140 Å². The van der Waals surface area contributed by atoms with E-state index in [0.717, 1.165) is 77.4 Å². The normalized spacial score (nSPS) is 11.9. The SMILES string of the molecule is c1cc2cn[nH]c2c(-c2c(-c3cc4cn[nH]c4cn3)ccc3c[nH]c(-c4ccnc5[nH]ncc45)c23)n1. The summed E-state index contributed by atoms with van der Waals surface area (Å²) in [5, 5.41) is 26.7. The molecule has 0 saturated carbocycles. The molecular formula is C26H16N10. The molecule has 0 aliphatic rings. The van der Waals surface area contributed by atoms with Crippen LogP contribution in [0.4, 0.5) is 0 Å². The van der Waals surface area contributed by atoms with Crippen molar-refractivity contribution in [2.45, 2.75) is 0 Å². The minimum atomic E-state index is 0.730. The van der Waals surface area contributed by atoms with E-state index in [9.17, 15) is 0 Å². The first kappa shape index (κ1) is 19.0. The number of nitrogens with one attached hydrogen (secondary N) is 4. The summed E-state index contributed by atoms with van der Waals surface area (Å²) in [4.78, 5) is 17.5. The quantitative estimate of drug-likeness (QED) is 0.288. The summed E-state index contributed by atoms with van der Waals surface area (Å²) in [7, 11) is 0. The molecule has 8 aromatic rings. The van der Waals surface area contributed by atoms with Crippen molar-refractivity contribution in [2.24, 2.45) is 0 Å². The maximum Gasteiger partial charge on any atom is 0.155 e. The number of fused-ring (bicyclic) bond motifs is 4. The highest BCUT2D eigenvalue weighted by Crippen LogP contribution is 2.44. The number of hydrogen-bond acceptors (Lipinski definition) is 6. The molecular weight excluding hydrogens is 452 g/mol. The molecule has 10 heteroatoms. The number of rotatable bonds is 3. The Bertz CT molecular complexity index is 2070. The summed E-state index contributed by atoms with van der Waals surface area (Å²) in [6, 6.07) is 10.2. The van der Waals surface area contributed by atoms with Gasteiger partial charge in [-0.15, -0.1) is 0 Å². The zero-order valence-electron chi connectivity index (χ0n) is 18.6. The number of nitrogens with zero attached hydrogens (tertiary/aromatic N) is 6. The average molecular weight is 468 g/mol. The molecule has 7 aromatic heterocycles. The van der Waals surface area contributed by atoms with Gasteiger partial charge in [0.2, 0.25) is 0 Å². The summed E-state index contributed by atoms with van der Waals surface area (Å²) >= 11 is 0. The fraction of sp³-hybridized carbons (Fsp3) is 0. The van der Waals surface area contributed by atoms with Gasteiger partial charge in [0, 0.05) is 62.2 Å².